The molecule has 0 saturated carbocycles. The minimum atomic E-state index is 0.607. The third kappa shape index (κ3) is 3.06. The van der Waals surface area contributed by atoms with E-state index >= 15 is 0 Å². The van der Waals surface area contributed by atoms with Gasteiger partial charge in [-0.1, -0.05) is 0 Å². The van der Waals surface area contributed by atoms with E-state index in [0.717, 1.165) is 42.8 Å². The van der Waals surface area contributed by atoms with Crippen molar-refractivity contribution >= 4 is 16.6 Å². The van der Waals surface area contributed by atoms with E-state index in [-0.39, 0.29) is 0 Å². The van der Waals surface area contributed by atoms with E-state index in [2.05, 4.69) is 34.7 Å². The van der Waals surface area contributed by atoms with Crippen molar-refractivity contribution in [3.05, 3.63) is 24.4 Å². The lowest BCUT2D eigenvalue weighted by atomic mass is 10.1. The van der Waals surface area contributed by atoms with Gasteiger partial charge in [-0.05, 0) is 26.0 Å². The quantitative estimate of drug-likeness (QED) is 0.867. The number of fused-ring (bicyclic) bond motifs is 1. The fourth-order valence-electron chi connectivity index (χ4n) is 3.21. The summed E-state index contributed by atoms with van der Waals surface area (Å²) in [6.07, 6.45) is 1.87. The van der Waals surface area contributed by atoms with Crippen LogP contribution in [0.25, 0.3) is 10.9 Å². The average Bonchev–Trinajstić information content (AvgIpc) is 2.60. The maximum Gasteiger partial charge on any atom is 0.162 e. The summed E-state index contributed by atoms with van der Waals surface area (Å²) in [5, 5.41) is 1.11. The molecule has 1 aliphatic rings. The Hall–Kier alpha value is -2.01. The Morgan fingerprint density at radius 2 is 1.65 bits per heavy atom. The molecule has 0 N–H and O–H groups in total. The largest absolute Gasteiger partial charge is 0.493 e. The number of hydrogen-bond acceptors (Lipinski definition) is 5. The minimum Gasteiger partial charge on any atom is -0.493 e. The summed E-state index contributed by atoms with van der Waals surface area (Å²) in [5.41, 5.74) is 2.16. The first kappa shape index (κ1) is 15.9. The number of pyridine rings is 1. The third-order valence-electron chi connectivity index (χ3n) is 4.61. The van der Waals surface area contributed by atoms with Crippen molar-refractivity contribution in [3.63, 3.8) is 0 Å². The highest BCUT2D eigenvalue weighted by atomic mass is 16.5. The fraction of sp³-hybridized carbons (Fsp3) is 0.500. The van der Waals surface area contributed by atoms with E-state index < -0.39 is 0 Å². The lowest BCUT2D eigenvalue weighted by Crippen LogP contribution is -2.48. The fourth-order valence-corrected chi connectivity index (χ4v) is 3.21. The number of piperazine rings is 1. The molecule has 1 saturated heterocycles. The molecule has 5 nitrogen and oxygen atoms in total. The zero-order valence-corrected chi connectivity index (χ0v) is 14.4. The lowest BCUT2D eigenvalue weighted by Gasteiger charge is -2.38. The Kier molecular flexibility index (Phi) is 4.57. The molecule has 2 heterocycles. The van der Waals surface area contributed by atoms with E-state index in [4.69, 9.17) is 9.47 Å². The molecule has 0 unspecified atom stereocenters. The molecule has 1 aromatic heterocycles. The molecule has 1 fully saturated rings. The van der Waals surface area contributed by atoms with Crippen molar-refractivity contribution in [2.45, 2.75) is 19.9 Å². The van der Waals surface area contributed by atoms with Gasteiger partial charge in [0.15, 0.2) is 11.5 Å². The van der Waals surface area contributed by atoms with Gasteiger partial charge < -0.3 is 14.4 Å². The molecule has 0 spiro atoms. The van der Waals surface area contributed by atoms with Gasteiger partial charge in [0, 0.05) is 55.6 Å². The summed E-state index contributed by atoms with van der Waals surface area (Å²) in [6, 6.07) is 6.68. The second-order valence-corrected chi connectivity index (χ2v) is 6.17. The SMILES string of the molecule is COc1cc2nccc(N3CCN(C(C)C)CC3)c2cc1OC. The molecule has 124 valence electrons. The van der Waals surface area contributed by atoms with Crippen LogP contribution >= 0.6 is 0 Å². The first-order valence-corrected chi connectivity index (χ1v) is 8.13. The predicted octanol–water partition coefficient (Wildman–Crippen LogP) is 2.78. The second kappa shape index (κ2) is 6.62. The van der Waals surface area contributed by atoms with Crippen molar-refractivity contribution < 1.29 is 9.47 Å². The third-order valence-corrected chi connectivity index (χ3v) is 4.61. The summed E-state index contributed by atoms with van der Waals surface area (Å²) in [4.78, 5) is 9.45. The molecule has 3 rings (SSSR count). The van der Waals surface area contributed by atoms with Crippen molar-refractivity contribution in [2.24, 2.45) is 0 Å². The van der Waals surface area contributed by atoms with Gasteiger partial charge in [0.1, 0.15) is 0 Å². The monoisotopic (exact) mass is 315 g/mol. The van der Waals surface area contributed by atoms with Crippen LogP contribution in [0.15, 0.2) is 24.4 Å². The Labute approximate surface area is 137 Å². The van der Waals surface area contributed by atoms with E-state index in [1.807, 2.05) is 18.3 Å². The molecular formula is C18H25N3O2. The summed E-state index contributed by atoms with van der Waals surface area (Å²) in [6.45, 7) is 8.77. The number of rotatable bonds is 4. The highest BCUT2D eigenvalue weighted by Crippen LogP contribution is 2.35. The van der Waals surface area contributed by atoms with Gasteiger partial charge in [0.05, 0.1) is 19.7 Å². The van der Waals surface area contributed by atoms with Crippen LogP contribution in [-0.4, -0.2) is 56.3 Å². The normalized spacial score (nSPS) is 16.1. The van der Waals surface area contributed by atoms with Gasteiger partial charge in [0.2, 0.25) is 0 Å². The van der Waals surface area contributed by atoms with E-state index in [1.54, 1.807) is 14.2 Å². The Balaban J connectivity index is 1.95. The summed E-state index contributed by atoms with van der Waals surface area (Å²) < 4.78 is 10.8. The Morgan fingerprint density at radius 1 is 1.00 bits per heavy atom. The maximum absolute atomic E-state index is 5.46. The molecule has 0 radical (unpaired) electrons. The molecule has 0 amide bonds. The van der Waals surface area contributed by atoms with Crippen LogP contribution in [-0.2, 0) is 0 Å². The Morgan fingerprint density at radius 3 is 2.26 bits per heavy atom. The van der Waals surface area contributed by atoms with E-state index in [9.17, 15) is 0 Å². The van der Waals surface area contributed by atoms with Gasteiger partial charge in [-0.15, -0.1) is 0 Å². The lowest BCUT2D eigenvalue weighted by molar-refractivity contribution is 0.209. The van der Waals surface area contributed by atoms with Crippen molar-refractivity contribution in [1.29, 1.82) is 0 Å². The van der Waals surface area contributed by atoms with Gasteiger partial charge in [-0.25, -0.2) is 0 Å². The van der Waals surface area contributed by atoms with Gasteiger partial charge in [0.25, 0.3) is 0 Å². The van der Waals surface area contributed by atoms with Gasteiger partial charge >= 0.3 is 0 Å². The van der Waals surface area contributed by atoms with E-state index in [1.165, 1.54) is 5.69 Å². The zero-order valence-electron chi connectivity index (χ0n) is 14.4. The van der Waals surface area contributed by atoms with Crippen LogP contribution in [0, 0.1) is 0 Å². The maximum atomic E-state index is 5.46. The number of ether oxygens (including phenoxy) is 2. The smallest absolute Gasteiger partial charge is 0.162 e. The molecule has 5 heteroatoms. The highest BCUT2D eigenvalue weighted by molar-refractivity contribution is 5.94. The van der Waals surface area contributed by atoms with Crippen LogP contribution in [0.2, 0.25) is 0 Å². The zero-order chi connectivity index (χ0) is 16.4. The standard InChI is InChI=1S/C18H25N3O2/c1-13(2)20-7-9-21(10-8-20)16-5-6-19-15-12-18(23-4)17(22-3)11-14(15)16/h5-6,11-13H,7-10H2,1-4H3. The first-order chi connectivity index (χ1) is 11.1. The number of nitrogens with zero attached hydrogens (tertiary/aromatic N) is 3. The molecule has 0 bridgehead atoms. The number of anilines is 1. The highest BCUT2D eigenvalue weighted by Gasteiger charge is 2.21. The topological polar surface area (TPSA) is 37.8 Å². The average molecular weight is 315 g/mol. The molecule has 1 aliphatic heterocycles. The first-order valence-electron chi connectivity index (χ1n) is 8.13. The minimum absolute atomic E-state index is 0.607. The molecular weight excluding hydrogens is 290 g/mol. The number of aromatic nitrogens is 1. The van der Waals surface area contributed by atoms with Crippen LogP contribution in [0.1, 0.15) is 13.8 Å². The van der Waals surface area contributed by atoms with Crippen LogP contribution in [0.4, 0.5) is 5.69 Å². The summed E-state index contributed by atoms with van der Waals surface area (Å²) >= 11 is 0. The Bertz CT molecular complexity index is 679. The second-order valence-electron chi connectivity index (χ2n) is 6.17. The molecule has 1 aromatic carbocycles. The van der Waals surface area contributed by atoms with Gasteiger partial charge in [-0.2, -0.15) is 0 Å². The van der Waals surface area contributed by atoms with Crippen molar-refractivity contribution in [2.75, 3.05) is 45.3 Å². The molecule has 2 aromatic rings. The van der Waals surface area contributed by atoms with Crippen LogP contribution in [0.3, 0.4) is 0 Å². The predicted molar refractivity (Wildman–Crippen MR) is 93.8 cm³/mol. The number of benzene rings is 1. The van der Waals surface area contributed by atoms with Crippen molar-refractivity contribution in [1.82, 2.24) is 9.88 Å². The van der Waals surface area contributed by atoms with Crippen molar-refractivity contribution in [3.8, 4) is 11.5 Å². The molecule has 0 atom stereocenters. The van der Waals surface area contributed by atoms with Crippen LogP contribution < -0.4 is 14.4 Å². The molecule has 23 heavy (non-hydrogen) atoms. The summed E-state index contributed by atoms with van der Waals surface area (Å²) in [7, 11) is 3.32. The summed E-state index contributed by atoms with van der Waals surface area (Å²) in [5.74, 6) is 1.46. The number of hydrogen-bond donors (Lipinski definition) is 0. The van der Waals surface area contributed by atoms with Gasteiger partial charge in [-0.3, -0.25) is 9.88 Å². The number of methoxy groups -OCH3 is 2. The molecule has 0 aliphatic carbocycles. The van der Waals surface area contributed by atoms with E-state index in [0.29, 0.717) is 11.8 Å². The van der Waals surface area contributed by atoms with Crippen LogP contribution in [0.5, 0.6) is 11.5 Å².